The summed E-state index contributed by atoms with van der Waals surface area (Å²) in [4.78, 5) is 26.5. The van der Waals surface area contributed by atoms with Crippen molar-refractivity contribution in [1.29, 1.82) is 0 Å². The fourth-order valence-electron chi connectivity index (χ4n) is 6.80. The van der Waals surface area contributed by atoms with Crippen LogP contribution in [-0.2, 0) is 9.59 Å². The summed E-state index contributed by atoms with van der Waals surface area (Å²) < 4.78 is 40.2. The van der Waals surface area contributed by atoms with E-state index >= 15 is 0 Å². The van der Waals surface area contributed by atoms with Crippen molar-refractivity contribution >= 4 is 11.8 Å². The van der Waals surface area contributed by atoms with Gasteiger partial charge in [-0.15, -0.1) is 0 Å². The van der Waals surface area contributed by atoms with Crippen molar-refractivity contribution < 1.29 is 22.8 Å². The summed E-state index contributed by atoms with van der Waals surface area (Å²) in [6, 6.07) is -1.63. The standard InChI is InChI=1S/C20H30F3N3O2/c1-18(2,26-5-3-4-14(26)20(21,22)23)17(28)25-15-12-6-11-7-13(15)10-19(8-11,9-12)16(24)27/h11-15H,3-10H2,1-2H3,(H2,24,27)(H,25,28)/t11?,12-,13+,14?,15?,19?. The molecule has 1 aliphatic heterocycles. The lowest BCUT2D eigenvalue weighted by molar-refractivity contribution is -0.189. The highest BCUT2D eigenvalue weighted by atomic mass is 19.4. The topological polar surface area (TPSA) is 75.4 Å². The van der Waals surface area contributed by atoms with E-state index in [-0.39, 0.29) is 42.7 Å². The van der Waals surface area contributed by atoms with Crippen LogP contribution in [0.3, 0.4) is 0 Å². The smallest absolute Gasteiger partial charge is 0.369 e. The summed E-state index contributed by atoms with van der Waals surface area (Å²) in [5, 5.41) is 3.11. The molecule has 158 valence electrons. The number of hydrogen-bond acceptors (Lipinski definition) is 3. The van der Waals surface area contributed by atoms with Gasteiger partial charge in [0, 0.05) is 11.5 Å². The van der Waals surface area contributed by atoms with Crippen LogP contribution in [0.1, 0.15) is 58.8 Å². The highest BCUT2D eigenvalue weighted by molar-refractivity contribution is 5.86. The minimum Gasteiger partial charge on any atom is -0.369 e. The molecule has 1 saturated heterocycles. The molecule has 0 aromatic rings. The van der Waals surface area contributed by atoms with Crippen molar-refractivity contribution in [2.24, 2.45) is 28.9 Å². The van der Waals surface area contributed by atoms with Gasteiger partial charge in [0.25, 0.3) is 0 Å². The van der Waals surface area contributed by atoms with Gasteiger partial charge < -0.3 is 11.1 Å². The van der Waals surface area contributed by atoms with Crippen molar-refractivity contribution in [3.05, 3.63) is 0 Å². The number of likely N-dealkylation sites (tertiary alicyclic amines) is 1. The van der Waals surface area contributed by atoms with Gasteiger partial charge in [0.15, 0.2) is 0 Å². The summed E-state index contributed by atoms with van der Waals surface area (Å²) >= 11 is 0. The fraction of sp³-hybridized carbons (Fsp3) is 0.900. The molecule has 6 atom stereocenters. The number of nitrogens with zero attached hydrogens (tertiary/aromatic N) is 1. The predicted octanol–water partition coefficient (Wildman–Crippen LogP) is 2.59. The highest BCUT2D eigenvalue weighted by Crippen LogP contribution is 2.60. The molecule has 0 aromatic carbocycles. The molecule has 4 unspecified atom stereocenters. The maximum Gasteiger partial charge on any atom is 0.404 e. The molecule has 4 saturated carbocycles. The number of halogens is 3. The first-order valence-electron chi connectivity index (χ1n) is 10.4. The Morgan fingerprint density at radius 2 is 1.71 bits per heavy atom. The van der Waals surface area contributed by atoms with Crippen molar-refractivity contribution in [1.82, 2.24) is 10.2 Å². The number of nitrogens with one attached hydrogen (secondary N) is 1. The maximum atomic E-state index is 13.4. The van der Waals surface area contributed by atoms with Gasteiger partial charge in [0.2, 0.25) is 11.8 Å². The molecule has 4 bridgehead atoms. The SMILES string of the molecule is CC(C)(C(=O)NC1[C@@H]2CC3C[C@H]1CC(C(N)=O)(C3)C2)N1CCCC1C(F)(F)F. The van der Waals surface area contributed by atoms with E-state index in [1.54, 1.807) is 13.8 Å². The van der Waals surface area contributed by atoms with Crippen LogP contribution in [-0.4, -0.2) is 47.1 Å². The van der Waals surface area contributed by atoms with E-state index in [0.29, 0.717) is 25.2 Å². The number of carbonyl (C=O) groups excluding carboxylic acids is 2. The molecule has 28 heavy (non-hydrogen) atoms. The number of nitrogens with two attached hydrogens (primary N) is 1. The molecule has 0 aromatic heterocycles. The Bertz CT molecular complexity index is 662. The number of rotatable bonds is 4. The van der Waals surface area contributed by atoms with E-state index in [1.807, 2.05) is 0 Å². The largest absolute Gasteiger partial charge is 0.404 e. The van der Waals surface area contributed by atoms with Gasteiger partial charge in [-0.2, -0.15) is 13.2 Å². The lowest BCUT2D eigenvalue weighted by atomic mass is 9.47. The Morgan fingerprint density at radius 3 is 2.25 bits per heavy atom. The number of alkyl halides is 3. The molecule has 1 heterocycles. The van der Waals surface area contributed by atoms with E-state index in [4.69, 9.17) is 5.73 Å². The Balaban J connectivity index is 1.49. The van der Waals surface area contributed by atoms with Gasteiger partial charge in [0.1, 0.15) is 6.04 Å². The molecule has 5 nitrogen and oxygen atoms in total. The fourth-order valence-corrected chi connectivity index (χ4v) is 6.80. The monoisotopic (exact) mass is 401 g/mol. The second kappa shape index (κ2) is 6.34. The third-order valence-electron chi connectivity index (χ3n) is 8.00. The van der Waals surface area contributed by atoms with Gasteiger partial charge >= 0.3 is 6.18 Å². The molecule has 4 aliphatic carbocycles. The van der Waals surface area contributed by atoms with Gasteiger partial charge in [-0.25, -0.2) is 0 Å². The molecule has 0 spiro atoms. The summed E-state index contributed by atoms with van der Waals surface area (Å²) in [5.41, 5.74) is 4.04. The number of hydrogen-bond donors (Lipinski definition) is 2. The van der Waals surface area contributed by atoms with E-state index in [0.717, 1.165) is 19.3 Å². The minimum atomic E-state index is -4.33. The lowest BCUT2D eigenvalue weighted by Gasteiger charge is -2.59. The van der Waals surface area contributed by atoms with Gasteiger partial charge in [-0.3, -0.25) is 14.5 Å². The number of carbonyl (C=O) groups is 2. The Morgan fingerprint density at radius 1 is 1.11 bits per heavy atom. The van der Waals surface area contributed by atoms with Crippen LogP contribution in [0.15, 0.2) is 0 Å². The second-order valence-electron chi connectivity index (χ2n) is 10.1. The summed E-state index contributed by atoms with van der Waals surface area (Å²) in [7, 11) is 0. The quantitative estimate of drug-likeness (QED) is 0.760. The van der Waals surface area contributed by atoms with Crippen LogP contribution in [0.4, 0.5) is 13.2 Å². The van der Waals surface area contributed by atoms with Crippen LogP contribution in [0.5, 0.6) is 0 Å². The molecule has 8 heteroatoms. The highest BCUT2D eigenvalue weighted by Gasteiger charge is 2.59. The van der Waals surface area contributed by atoms with Crippen molar-refractivity contribution in [2.45, 2.75) is 82.6 Å². The van der Waals surface area contributed by atoms with Crippen molar-refractivity contribution in [2.75, 3.05) is 6.54 Å². The van der Waals surface area contributed by atoms with Crippen molar-refractivity contribution in [3.8, 4) is 0 Å². The summed E-state index contributed by atoms with van der Waals surface area (Å²) in [6.45, 7) is 3.45. The maximum absolute atomic E-state index is 13.4. The minimum absolute atomic E-state index is 0.0394. The molecule has 3 N–H and O–H groups in total. The molecule has 2 amide bonds. The Labute approximate surface area is 163 Å². The average Bonchev–Trinajstić information content (AvgIpc) is 3.08. The summed E-state index contributed by atoms with van der Waals surface area (Å²) in [5.74, 6) is 0.279. The Hall–Kier alpha value is -1.31. The first-order valence-corrected chi connectivity index (χ1v) is 10.4. The van der Waals surface area contributed by atoms with E-state index in [2.05, 4.69) is 5.32 Å². The van der Waals surface area contributed by atoms with Crippen LogP contribution < -0.4 is 11.1 Å². The Kier molecular flexibility index (Phi) is 4.53. The first-order chi connectivity index (χ1) is 12.9. The summed E-state index contributed by atoms with van der Waals surface area (Å²) in [6.07, 6.45) is 0.311. The average molecular weight is 401 g/mol. The molecule has 5 aliphatic rings. The molecular weight excluding hydrogens is 371 g/mol. The predicted molar refractivity (Wildman–Crippen MR) is 97.0 cm³/mol. The van der Waals surface area contributed by atoms with Crippen LogP contribution >= 0.6 is 0 Å². The third-order valence-corrected chi connectivity index (χ3v) is 8.00. The van der Waals surface area contributed by atoms with Crippen LogP contribution in [0.2, 0.25) is 0 Å². The molecular formula is C20H30F3N3O2. The van der Waals surface area contributed by atoms with Crippen LogP contribution in [0.25, 0.3) is 0 Å². The zero-order chi connectivity index (χ0) is 20.5. The van der Waals surface area contributed by atoms with E-state index in [1.165, 1.54) is 4.90 Å². The zero-order valence-corrected chi connectivity index (χ0v) is 16.5. The van der Waals surface area contributed by atoms with E-state index in [9.17, 15) is 22.8 Å². The van der Waals surface area contributed by atoms with Gasteiger partial charge in [0.05, 0.1) is 5.54 Å². The number of primary amides is 1. The molecule has 5 rings (SSSR count). The van der Waals surface area contributed by atoms with Crippen molar-refractivity contribution in [3.63, 3.8) is 0 Å². The molecule has 0 radical (unpaired) electrons. The number of amides is 2. The first kappa shape index (κ1) is 20.0. The van der Waals surface area contributed by atoms with Gasteiger partial charge in [-0.1, -0.05) is 0 Å². The second-order valence-corrected chi connectivity index (χ2v) is 10.1. The van der Waals surface area contributed by atoms with E-state index < -0.39 is 23.2 Å². The lowest BCUT2D eigenvalue weighted by Crippen LogP contribution is -2.66. The van der Waals surface area contributed by atoms with Gasteiger partial charge in [-0.05, 0) is 83.1 Å². The third kappa shape index (κ3) is 3.02. The zero-order valence-electron chi connectivity index (χ0n) is 16.5. The molecule has 5 fully saturated rings. The van der Waals surface area contributed by atoms with Crippen LogP contribution in [0, 0.1) is 23.2 Å². The normalized spacial score (nSPS) is 40.7.